The second kappa shape index (κ2) is 5.91. The molecule has 1 aromatic carbocycles. The van der Waals surface area contributed by atoms with E-state index in [4.69, 9.17) is 0 Å². The lowest BCUT2D eigenvalue weighted by Crippen LogP contribution is -2.49. The molecule has 1 aromatic rings. The molecule has 0 atom stereocenters. The highest BCUT2D eigenvalue weighted by atomic mass is 32.2. The van der Waals surface area contributed by atoms with Crippen molar-refractivity contribution in [3.63, 3.8) is 0 Å². The van der Waals surface area contributed by atoms with E-state index in [0.29, 0.717) is 25.1 Å². The minimum Gasteiger partial charge on any atom is -0.388 e. The third kappa shape index (κ3) is 3.54. The van der Waals surface area contributed by atoms with Crippen molar-refractivity contribution in [1.29, 1.82) is 0 Å². The lowest BCUT2D eigenvalue weighted by atomic mass is 9.92. The van der Waals surface area contributed by atoms with Gasteiger partial charge < -0.3 is 10.0 Å². The summed E-state index contributed by atoms with van der Waals surface area (Å²) >= 11 is 0. The van der Waals surface area contributed by atoms with Gasteiger partial charge in [-0.3, -0.25) is 0 Å². The van der Waals surface area contributed by atoms with E-state index in [1.165, 1.54) is 6.07 Å². The fourth-order valence-corrected chi connectivity index (χ4v) is 5.15. The van der Waals surface area contributed by atoms with Gasteiger partial charge in [-0.15, -0.1) is 0 Å². The smallest absolute Gasteiger partial charge is 0.388 e. The van der Waals surface area contributed by atoms with Gasteiger partial charge in [-0.25, -0.2) is 8.42 Å². The topological polar surface area (TPSA) is 57.6 Å². The number of sulfone groups is 1. The van der Waals surface area contributed by atoms with Crippen LogP contribution in [0.25, 0.3) is 0 Å². The molecule has 2 heterocycles. The molecule has 4 nitrogen and oxygen atoms in total. The summed E-state index contributed by atoms with van der Waals surface area (Å²) in [6, 6.07) is 4.12. The monoisotopic (exact) mass is 363 g/mol. The number of halogens is 3. The summed E-state index contributed by atoms with van der Waals surface area (Å²) in [6.07, 6.45) is -3.22. The molecule has 0 bridgehead atoms. The number of rotatable bonds is 2. The summed E-state index contributed by atoms with van der Waals surface area (Å²) in [5, 5.41) is 10.7. The average molecular weight is 363 g/mol. The molecule has 0 unspecified atom stereocenters. The van der Waals surface area contributed by atoms with Gasteiger partial charge in [-0.1, -0.05) is 6.07 Å². The highest BCUT2D eigenvalue weighted by Gasteiger charge is 2.39. The lowest BCUT2D eigenvalue weighted by Gasteiger charge is -2.40. The van der Waals surface area contributed by atoms with Crippen molar-refractivity contribution in [3.8, 4) is 0 Å². The van der Waals surface area contributed by atoms with E-state index in [0.717, 1.165) is 6.07 Å². The first-order valence-corrected chi connectivity index (χ1v) is 9.79. The zero-order valence-corrected chi connectivity index (χ0v) is 14.0. The summed E-state index contributed by atoms with van der Waals surface area (Å²) in [5.41, 5.74) is -1.03. The predicted molar refractivity (Wildman–Crippen MR) is 84.8 cm³/mol. The van der Waals surface area contributed by atoms with E-state index in [-0.39, 0.29) is 36.5 Å². The molecule has 8 heteroatoms. The molecule has 0 spiro atoms. The van der Waals surface area contributed by atoms with Gasteiger partial charge in [-0.05, 0) is 43.4 Å². The molecule has 24 heavy (non-hydrogen) atoms. The Morgan fingerprint density at radius 1 is 1.21 bits per heavy atom. The van der Waals surface area contributed by atoms with E-state index in [2.05, 4.69) is 0 Å². The van der Waals surface area contributed by atoms with Gasteiger partial charge in [0.05, 0.1) is 22.7 Å². The summed E-state index contributed by atoms with van der Waals surface area (Å²) in [7, 11) is -3.11. The molecule has 1 fully saturated rings. The quantitative estimate of drug-likeness (QED) is 0.877. The Hall–Kier alpha value is -1.28. The van der Waals surface area contributed by atoms with E-state index in [9.17, 15) is 26.7 Å². The molecule has 1 N–H and O–H groups in total. The van der Waals surface area contributed by atoms with Crippen LogP contribution < -0.4 is 4.90 Å². The van der Waals surface area contributed by atoms with Gasteiger partial charge in [0.1, 0.15) is 0 Å². The Morgan fingerprint density at radius 2 is 1.88 bits per heavy atom. The SMILES string of the molecule is O=S1(=O)CCC(O)(CN2CCCc3c2cccc3C(F)(F)F)CC1. The van der Waals surface area contributed by atoms with Crippen LogP contribution in [0.5, 0.6) is 0 Å². The summed E-state index contributed by atoms with van der Waals surface area (Å²) in [6.45, 7) is 0.722. The van der Waals surface area contributed by atoms with Crippen molar-refractivity contribution in [2.24, 2.45) is 0 Å². The Bertz CT molecular complexity index is 717. The van der Waals surface area contributed by atoms with Crippen LogP contribution in [0.4, 0.5) is 18.9 Å². The molecular formula is C16H20F3NO3S. The molecule has 2 aliphatic rings. The fraction of sp³-hybridized carbons (Fsp3) is 0.625. The average Bonchev–Trinajstić information content (AvgIpc) is 2.50. The van der Waals surface area contributed by atoms with Crippen LogP contribution in [0, 0.1) is 0 Å². The number of aliphatic hydroxyl groups is 1. The Labute approximate surface area is 139 Å². The number of nitrogens with zero attached hydrogens (tertiary/aromatic N) is 1. The number of anilines is 1. The minimum absolute atomic E-state index is 0.0766. The van der Waals surface area contributed by atoms with Gasteiger partial charge >= 0.3 is 6.18 Å². The lowest BCUT2D eigenvalue weighted by molar-refractivity contribution is -0.138. The first kappa shape index (κ1) is 17.5. The van der Waals surface area contributed by atoms with Crippen molar-refractivity contribution in [2.75, 3.05) is 29.5 Å². The van der Waals surface area contributed by atoms with Gasteiger partial charge in [-0.2, -0.15) is 13.2 Å². The van der Waals surface area contributed by atoms with Crippen molar-refractivity contribution in [3.05, 3.63) is 29.3 Å². The van der Waals surface area contributed by atoms with Crippen LogP contribution in [0.15, 0.2) is 18.2 Å². The third-order valence-electron chi connectivity index (χ3n) is 4.89. The maximum atomic E-state index is 13.2. The molecular weight excluding hydrogens is 343 g/mol. The molecule has 0 radical (unpaired) electrons. The van der Waals surface area contributed by atoms with Crippen LogP contribution >= 0.6 is 0 Å². The highest BCUT2D eigenvalue weighted by molar-refractivity contribution is 7.91. The van der Waals surface area contributed by atoms with Gasteiger partial charge in [0.2, 0.25) is 0 Å². The molecule has 0 aromatic heterocycles. The van der Waals surface area contributed by atoms with E-state index in [1.54, 1.807) is 11.0 Å². The maximum Gasteiger partial charge on any atom is 0.416 e. The molecule has 0 aliphatic carbocycles. The molecule has 134 valence electrons. The molecule has 2 aliphatic heterocycles. The fourth-order valence-electron chi connectivity index (χ4n) is 3.56. The first-order chi connectivity index (χ1) is 11.1. The van der Waals surface area contributed by atoms with Crippen LogP contribution in [-0.4, -0.2) is 43.7 Å². The van der Waals surface area contributed by atoms with Crippen molar-refractivity contribution in [2.45, 2.75) is 37.5 Å². The van der Waals surface area contributed by atoms with E-state index < -0.39 is 27.2 Å². The van der Waals surface area contributed by atoms with E-state index in [1.807, 2.05) is 0 Å². The second-order valence-corrected chi connectivity index (χ2v) is 9.01. The Kier molecular flexibility index (Phi) is 4.32. The molecule has 3 rings (SSSR count). The number of β-amino-alcohol motifs (C(OH)–C–C–N with tert-alkyl or cyclic N) is 1. The first-order valence-electron chi connectivity index (χ1n) is 7.97. The van der Waals surface area contributed by atoms with Crippen LogP contribution in [0.2, 0.25) is 0 Å². The van der Waals surface area contributed by atoms with Crippen LogP contribution in [0.3, 0.4) is 0 Å². The summed E-state index contributed by atoms with van der Waals surface area (Å²) in [4.78, 5) is 1.77. The number of hydrogen-bond acceptors (Lipinski definition) is 4. The van der Waals surface area contributed by atoms with Gasteiger partial charge in [0, 0.05) is 18.8 Å². The normalized spacial score (nSPS) is 22.9. The predicted octanol–water partition coefficient (Wildman–Crippen LogP) is 2.40. The minimum atomic E-state index is -4.40. The number of alkyl halides is 3. The molecule has 1 saturated heterocycles. The summed E-state index contributed by atoms with van der Waals surface area (Å²) in [5.74, 6) is -0.153. The zero-order chi connectivity index (χ0) is 17.6. The number of hydrogen-bond donors (Lipinski definition) is 1. The molecule has 0 amide bonds. The van der Waals surface area contributed by atoms with Gasteiger partial charge in [0.25, 0.3) is 0 Å². The largest absolute Gasteiger partial charge is 0.416 e. The molecule has 0 saturated carbocycles. The van der Waals surface area contributed by atoms with Crippen molar-refractivity contribution < 1.29 is 26.7 Å². The van der Waals surface area contributed by atoms with Gasteiger partial charge in [0.15, 0.2) is 9.84 Å². The Balaban J connectivity index is 1.86. The standard InChI is InChI=1S/C16H20F3NO3S/c17-16(18,19)13-4-1-5-14-12(13)3-2-8-20(14)11-15(21)6-9-24(22,23)10-7-15/h1,4-5,21H,2-3,6-11H2. The van der Waals surface area contributed by atoms with Crippen molar-refractivity contribution >= 4 is 15.5 Å². The van der Waals surface area contributed by atoms with Crippen LogP contribution in [0.1, 0.15) is 30.4 Å². The summed E-state index contributed by atoms with van der Waals surface area (Å²) < 4.78 is 62.6. The highest BCUT2D eigenvalue weighted by Crippen LogP contribution is 2.39. The second-order valence-electron chi connectivity index (χ2n) is 6.70. The third-order valence-corrected chi connectivity index (χ3v) is 6.55. The van der Waals surface area contributed by atoms with Crippen LogP contribution in [-0.2, 0) is 22.4 Å². The number of fused-ring (bicyclic) bond motifs is 1. The number of benzene rings is 1. The van der Waals surface area contributed by atoms with E-state index >= 15 is 0 Å². The Morgan fingerprint density at radius 3 is 2.50 bits per heavy atom. The zero-order valence-electron chi connectivity index (χ0n) is 13.1. The van der Waals surface area contributed by atoms with Crippen molar-refractivity contribution in [1.82, 2.24) is 0 Å². The maximum absolute atomic E-state index is 13.2.